The van der Waals surface area contributed by atoms with Crippen LogP contribution in [0.3, 0.4) is 0 Å². The van der Waals surface area contributed by atoms with Crippen molar-refractivity contribution in [3.8, 4) is 11.7 Å². The van der Waals surface area contributed by atoms with E-state index in [-0.39, 0.29) is 23.2 Å². The summed E-state index contributed by atoms with van der Waals surface area (Å²) in [5.74, 6) is 3.75. The number of ether oxygens (including phenoxy) is 1. The Labute approximate surface area is 252 Å². The van der Waals surface area contributed by atoms with Gasteiger partial charge in [0, 0.05) is 34.3 Å². The highest BCUT2D eigenvalue weighted by Crippen LogP contribution is 2.55. The topological polar surface area (TPSA) is 98.1 Å². The first-order valence-corrected chi connectivity index (χ1v) is 16.1. The molecule has 0 radical (unpaired) electrons. The predicted octanol–water partition coefficient (Wildman–Crippen LogP) is 6.33. The maximum atomic E-state index is 13.9. The monoisotopic (exact) mass is 611 g/mol. The Balaban J connectivity index is 1.19. The first-order chi connectivity index (χ1) is 19.7. The Kier molecular flexibility index (Phi) is 6.95. The van der Waals surface area contributed by atoms with E-state index in [1.165, 1.54) is 23.9 Å². The number of carbonyl (C=O) groups is 2. The van der Waals surface area contributed by atoms with Crippen molar-refractivity contribution in [3.63, 3.8) is 0 Å². The molecule has 1 aliphatic heterocycles. The van der Waals surface area contributed by atoms with Crippen molar-refractivity contribution in [2.24, 2.45) is 17.8 Å². The van der Waals surface area contributed by atoms with Crippen LogP contribution in [0.5, 0.6) is 5.88 Å². The highest BCUT2D eigenvalue weighted by molar-refractivity contribution is 8.00. The van der Waals surface area contributed by atoms with Gasteiger partial charge in [-0.15, -0.1) is 5.10 Å². The van der Waals surface area contributed by atoms with Crippen molar-refractivity contribution in [2.45, 2.75) is 57.1 Å². The molecule has 0 atom stereocenters. The molecule has 5 fully saturated rings. The molecule has 5 aliphatic rings. The number of aryl methyl sites for hydroxylation is 1. The van der Waals surface area contributed by atoms with E-state index in [4.69, 9.17) is 27.9 Å². The summed E-state index contributed by atoms with van der Waals surface area (Å²) in [4.78, 5) is 32.1. The summed E-state index contributed by atoms with van der Waals surface area (Å²) in [5.41, 5.74) is 1.47. The van der Waals surface area contributed by atoms with E-state index in [2.05, 4.69) is 20.7 Å². The number of benzene rings is 1. The van der Waals surface area contributed by atoms with Crippen LogP contribution in [0.2, 0.25) is 10.0 Å². The van der Waals surface area contributed by atoms with Gasteiger partial charge in [0.15, 0.2) is 5.82 Å². The van der Waals surface area contributed by atoms with Crippen LogP contribution in [0.15, 0.2) is 36.5 Å². The third kappa shape index (κ3) is 5.21. The molecule has 4 saturated carbocycles. The van der Waals surface area contributed by atoms with Gasteiger partial charge in [-0.1, -0.05) is 23.2 Å². The standard InChI is InChI=1S/C30H31Cl2N5O3S/c1-16-5-20(31)9-22(28(38)35-30-11-17-6-18(12-30)8-19(7-17)13-30)26(16)34-29(39)24-10-25(40-21-14-41-15-21)36-37(24)27-23(32)3-2-4-33-27/h2-5,9-10,17-19,21H,6-8,11-15H2,1H3,(H,34,39)(H,35,38). The second-order valence-corrected chi connectivity index (χ2v) is 14.0. The largest absolute Gasteiger partial charge is 0.472 e. The van der Waals surface area contributed by atoms with Crippen LogP contribution in [0.1, 0.15) is 64.9 Å². The van der Waals surface area contributed by atoms with E-state index in [9.17, 15) is 9.59 Å². The molecule has 41 heavy (non-hydrogen) atoms. The van der Waals surface area contributed by atoms with Crippen LogP contribution in [-0.2, 0) is 0 Å². The summed E-state index contributed by atoms with van der Waals surface area (Å²) < 4.78 is 7.37. The Hall–Kier alpha value is -2.75. The summed E-state index contributed by atoms with van der Waals surface area (Å²) in [7, 11) is 0. The van der Waals surface area contributed by atoms with Crippen LogP contribution < -0.4 is 15.4 Å². The van der Waals surface area contributed by atoms with Crippen molar-refractivity contribution >= 4 is 52.5 Å². The SMILES string of the molecule is Cc1cc(Cl)cc(C(=O)NC23CC4CC(CC(C4)C2)C3)c1NC(=O)c1cc(OC2CSC2)nn1-c1ncccc1Cl. The second kappa shape index (κ2) is 10.5. The van der Waals surface area contributed by atoms with Gasteiger partial charge >= 0.3 is 0 Å². The van der Waals surface area contributed by atoms with Crippen molar-refractivity contribution in [3.05, 3.63) is 63.4 Å². The molecule has 2 aromatic heterocycles. The van der Waals surface area contributed by atoms with Gasteiger partial charge in [-0.05, 0) is 93.0 Å². The normalized spacial score (nSPS) is 26.5. The van der Waals surface area contributed by atoms with Gasteiger partial charge in [-0.2, -0.15) is 11.8 Å². The average Bonchev–Trinajstić information content (AvgIpc) is 3.30. The Bertz CT molecular complexity index is 1500. The molecular formula is C30H31Cl2N5O3S. The molecule has 4 aliphatic carbocycles. The highest BCUT2D eigenvalue weighted by Gasteiger charge is 2.51. The van der Waals surface area contributed by atoms with Gasteiger partial charge in [-0.25, -0.2) is 9.67 Å². The Morgan fingerprint density at radius 2 is 1.76 bits per heavy atom. The molecular weight excluding hydrogens is 581 g/mol. The lowest BCUT2D eigenvalue weighted by Crippen LogP contribution is -2.59. The van der Waals surface area contributed by atoms with Crippen molar-refractivity contribution < 1.29 is 14.3 Å². The number of carbonyl (C=O) groups excluding carboxylic acids is 2. The molecule has 1 aromatic carbocycles. The molecule has 0 spiro atoms. The number of hydrogen-bond acceptors (Lipinski definition) is 6. The van der Waals surface area contributed by atoms with E-state index in [1.807, 2.05) is 6.92 Å². The third-order valence-electron chi connectivity index (χ3n) is 8.95. The average molecular weight is 613 g/mol. The van der Waals surface area contributed by atoms with Crippen LogP contribution in [0, 0.1) is 24.7 Å². The number of thioether (sulfide) groups is 1. The number of amides is 2. The number of nitrogens with one attached hydrogen (secondary N) is 2. The molecule has 214 valence electrons. The molecule has 8 rings (SSSR count). The lowest BCUT2D eigenvalue weighted by atomic mass is 9.53. The number of nitrogens with zero attached hydrogens (tertiary/aromatic N) is 3. The summed E-state index contributed by atoms with van der Waals surface area (Å²) >= 11 is 14.7. The van der Waals surface area contributed by atoms with Crippen LogP contribution >= 0.6 is 35.0 Å². The Morgan fingerprint density at radius 1 is 1.05 bits per heavy atom. The maximum absolute atomic E-state index is 13.9. The smallest absolute Gasteiger partial charge is 0.274 e. The summed E-state index contributed by atoms with van der Waals surface area (Å²) in [6.45, 7) is 1.83. The zero-order valence-electron chi connectivity index (χ0n) is 22.7. The lowest BCUT2D eigenvalue weighted by Gasteiger charge is -2.56. The molecule has 3 aromatic rings. The van der Waals surface area contributed by atoms with E-state index in [1.54, 1.807) is 48.3 Å². The number of pyridine rings is 1. The number of hydrogen-bond donors (Lipinski definition) is 2. The minimum absolute atomic E-state index is 0.0388. The van der Waals surface area contributed by atoms with Gasteiger partial charge in [0.25, 0.3) is 11.8 Å². The van der Waals surface area contributed by atoms with Gasteiger partial charge in [-0.3, -0.25) is 9.59 Å². The molecule has 2 amide bonds. The fraction of sp³-hybridized carbons (Fsp3) is 0.467. The van der Waals surface area contributed by atoms with Crippen LogP contribution in [0.25, 0.3) is 5.82 Å². The zero-order chi connectivity index (χ0) is 28.3. The lowest BCUT2D eigenvalue weighted by molar-refractivity contribution is -0.0166. The molecule has 11 heteroatoms. The summed E-state index contributed by atoms with van der Waals surface area (Å²) in [6.07, 6.45) is 8.56. The fourth-order valence-corrected chi connectivity index (χ4v) is 8.60. The number of halogens is 2. The van der Waals surface area contributed by atoms with Crippen molar-refractivity contribution in [2.75, 3.05) is 16.8 Å². The van der Waals surface area contributed by atoms with Gasteiger partial charge in [0.05, 0.1) is 16.3 Å². The molecule has 1 saturated heterocycles. The third-order valence-corrected chi connectivity index (χ3v) is 10.7. The van der Waals surface area contributed by atoms with Crippen LogP contribution in [0.4, 0.5) is 5.69 Å². The van der Waals surface area contributed by atoms with E-state index in [0.717, 1.165) is 30.8 Å². The second-order valence-electron chi connectivity index (χ2n) is 12.1. The van der Waals surface area contributed by atoms with E-state index >= 15 is 0 Å². The molecule has 0 unspecified atom stereocenters. The number of aromatic nitrogens is 3. The zero-order valence-corrected chi connectivity index (χ0v) is 25.0. The fourth-order valence-electron chi connectivity index (χ4n) is 7.56. The number of rotatable bonds is 7. The molecule has 2 N–H and O–H groups in total. The van der Waals surface area contributed by atoms with E-state index < -0.39 is 5.91 Å². The van der Waals surface area contributed by atoms with Crippen molar-refractivity contribution in [1.82, 2.24) is 20.1 Å². The summed E-state index contributed by atoms with van der Waals surface area (Å²) in [6, 6.07) is 8.37. The summed E-state index contributed by atoms with van der Waals surface area (Å²) in [5, 5.41) is 11.7. The first kappa shape index (κ1) is 27.1. The van der Waals surface area contributed by atoms with Crippen LogP contribution in [-0.4, -0.2) is 49.7 Å². The first-order valence-electron chi connectivity index (χ1n) is 14.1. The molecule has 3 heterocycles. The minimum atomic E-state index is -0.466. The van der Waals surface area contributed by atoms with Gasteiger partial charge in [0.2, 0.25) is 5.88 Å². The quantitative estimate of drug-likeness (QED) is 0.324. The van der Waals surface area contributed by atoms with Gasteiger partial charge in [0.1, 0.15) is 11.8 Å². The van der Waals surface area contributed by atoms with Crippen molar-refractivity contribution in [1.29, 1.82) is 0 Å². The van der Waals surface area contributed by atoms with E-state index in [0.29, 0.717) is 56.3 Å². The van der Waals surface area contributed by atoms with Gasteiger partial charge < -0.3 is 15.4 Å². The Morgan fingerprint density at radius 3 is 2.39 bits per heavy atom. The number of anilines is 1. The predicted molar refractivity (Wildman–Crippen MR) is 161 cm³/mol. The molecule has 8 nitrogen and oxygen atoms in total. The highest BCUT2D eigenvalue weighted by atomic mass is 35.5. The minimum Gasteiger partial charge on any atom is -0.472 e. The maximum Gasteiger partial charge on any atom is 0.274 e. The molecule has 4 bridgehead atoms.